The summed E-state index contributed by atoms with van der Waals surface area (Å²) in [4.78, 5) is 13.2. The van der Waals surface area contributed by atoms with Crippen LogP contribution in [0.5, 0.6) is 0 Å². The van der Waals surface area contributed by atoms with Crippen molar-refractivity contribution < 1.29 is 9.90 Å². The maximum atomic E-state index is 11.5. The minimum Gasteiger partial charge on any atom is -0.393 e. The van der Waals surface area contributed by atoms with Gasteiger partial charge in [0.25, 0.3) is 0 Å². The molecule has 0 amide bonds. The molecule has 0 saturated carbocycles. The molecule has 0 radical (unpaired) electrons. The van der Waals surface area contributed by atoms with Crippen LogP contribution in [0.3, 0.4) is 0 Å². The molecule has 3 nitrogen and oxygen atoms in total. The van der Waals surface area contributed by atoms with E-state index in [1.807, 2.05) is 0 Å². The van der Waals surface area contributed by atoms with Gasteiger partial charge in [-0.15, -0.1) is 11.6 Å². The third-order valence-corrected chi connectivity index (χ3v) is 4.47. The normalized spacial score (nSPS) is 56.3. The monoisotopic (exact) mass is 215 g/mol. The van der Waals surface area contributed by atoms with E-state index in [1.165, 1.54) is 0 Å². The molecule has 5 atom stereocenters. The van der Waals surface area contributed by atoms with Gasteiger partial charge in [0.05, 0.1) is 17.6 Å². The Morgan fingerprint density at radius 2 is 2.21 bits per heavy atom. The topological polar surface area (TPSA) is 40.5 Å². The van der Waals surface area contributed by atoms with E-state index in [0.29, 0.717) is 24.8 Å². The van der Waals surface area contributed by atoms with Crippen LogP contribution in [0, 0.1) is 5.92 Å². The predicted molar refractivity (Wildman–Crippen MR) is 52.0 cm³/mol. The number of aliphatic hydroxyl groups excluding tert-OH is 1. The van der Waals surface area contributed by atoms with Crippen LogP contribution in [0.1, 0.15) is 25.7 Å². The molecule has 1 N–H and O–H groups in total. The molecule has 4 heteroatoms. The van der Waals surface area contributed by atoms with Crippen molar-refractivity contribution in [1.29, 1.82) is 0 Å². The fourth-order valence-electron chi connectivity index (χ4n) is 3.36. The highest BCUT2D eigenvalue weighted by atomic mass is 35.5. The van der Waals surface area contributed by atoms with Gasteiger partial charge in [-0.25, -0.2) is 0 Å². The van der Waals surface area contributed by atoms with Gasteiger partial charge in [-0.2, -0.15) is 0 Å². The number of carbonyl (C=O) groups excluding carboxylic acids is 1. The SMILES string of the molecule is O=C1CN2C3CC(O)CC2(Cl)CC1C3. The fraction of sp³-hybridized carbons (Fsp3) is 0.900. The Kier molecular flexibility index (Phi) is 1.77. The lowest BCUT2D eigenvalue weighted by atomic mass is 9.71. The number of fused-ring (bicyclic) bond motifs is 1. The maximum absolute atomic E-state index is 11.5. The van der Waals surface area contributed by atoms with E-state index in [0.717, 1.165) is 19.3 Å². The number of nitrogens with zero attached hydrogens (tertiary/aromatic N) is 1. The number of Topliss-reactive ketones (excluding diaryl/α,β-unsaturated/α-hetero) is 1. The van der Waals surface area contributed by atoms with E-state index < -0.39 is 5.00 Å². The molecule has 4 heterocycles. The third-order valence-electron chi connectivity index (χ3n) is 3.95. The number of hydrogen-bond acceptors (Lipinski definition) is 3. The summed E-state index contributed by atoms with van der Waals surface area (Å²) in [5, 5.41) is 9.68. The number of ketones is 1. The van der Waals surface area contributed by atoms with Gasteiger partial charge in [-0.1, -0.05) is 0 Å². The zero-order valence-corrected chi connectivity index (χ0v) is 8.70. The first-order valence-corrected chi connectivity index (χ1v) is 5.63. The van der Waals surface area contributed by atoms with Crippen molar-refractivity contribution >= 4 is 17.4 Å². The first-order chi connectivity index (χ1) is 6.58. The second-order valence-corrected chi connectivity index (χ2v) is 5.60. The Morgan fingerprint density at radius 1 is 1.43 bits per heavy atom. The molecule has 5 unspecified atom stereocenters. The van der Waals surface area contributed by atoms with Crippen LogP contribution >= 0.6 is 11.6 Å². The van der Waals surface area contributed by atoms with Crippen molar-refractivity contribution in [2.24, 2.45) is 5.92 Å². The smallest absolute Gasteiger partial charge is 0.150 e. The van der Waals surface area contributed by atoms with Crippen LogP contribution < -0.4 is 0 Å². The molecule has 4 bridgehead atoms. The van der Waals surface area contributed by atoms with Gasteiger partial charge >= 0.3 is 0 Å². The largest absolute Gasteiger partial charge is 0.393 e. The predicted octanol–water partition coefficient (Wildman–Crippen LogP) is 0.739. The molecular weight excluding hydrogens is 202 g/mol. The highest BCUT2D eigenvalue weighted by Gasteiger charge is 2.56. The quantitative estimate of drug-likeness (QED) is 0.479. The van der Waals surface area contributed by atoms with Gasteiger partial charge in [0, 0.05) is 18.4 Å². The Morgan fingerprint density at radius 3 is 2.86 bits per heavy atom. The molecule has 4 aliphatic heterocycles. The lowest BCUT2D eigenvalue weighted by Crippen LogP contribution is -2.67. The number of rotatable bonds is 0. The van der Waals surface area contributed by atoms with Gasteiger partial charge in [0.1, 0.15) is 5.78 Å². The van der Waals surface area contributed by atoms with Crippen LogP contribution in [0.25, 0.3) is 0 Å². The van der Waals surface area contributed by atoms with E-state index in [1.54, 1.807) is 0 Å². The molecule has 0 aromatic heterocycles. The standard InChI is InChI=1S/C10H14ClNO2/c11-10-3-6-1-7(2-8(13)4-10)12(10)5-9(6)14/h6-8,13H,1-5H2. The molecule has 4 fully saturated rings. The Balaban J connectivity index is 1.95. The van der Waals surface area contributed by atoms with E-state index in [9.17, 15) is 9.90 Å². The average molecular weight is 216 g/mol. The number of piperidine rings is 4. The van der Waals surface area contributed by atoms with Crippen molar-refractivity contribution in [2.75, 3.05) is 6.54 Å². The molecular formula is C10H14ClNO2. The van der Waals surface area contributed by atoms with Crippen molar-refractivity contribution in [3.05, 3.63) is 0 Å². The molecule has 4 aliphatic rings. The van der Waals surface area contributed by atoms with Crippen LogP contribution in [-0.4, -0.2) is 39.5 Å². The van der Waals surface area contributed by atoms with Gasteiger partial charge in [0.2, 0.25) is 0 Å². The minimum absolute atomic E-state index is 0.162. The van der Waals surface area contributed by atoms with Crippen LogP contribution in [0.4, 0.5) is 0 Å². The minimum atomic E-state index is -0.418. The molecule has 78 valence electrons. The van der Waals surface area contributed by atoms with E-state index in [4.69, 9.17) is 11.6 Å². The van der Waals surface area contributed by atoms with Crippen LogP contribution in [-0.2, 0) is 4.79 Å². The lowest BCUT2D eigenvalue weighted by molar-refractivity contribution is -0.149. The van der Waals surface area contributed by atoms with E-state index in [-0.39, 0.29) is 12.0 Å². The zero-order chi connectivity index (χ0) is 9.92. The van der Waals surface area contributed by atoms with Crippen LogP contribution in [0.2, 0.25) is 0 Å². The second kappa shape index (κ2) is 2.71. The highest BCUT2D eigenvalue weighted by Crippen LogP contribution is 2.50. The third kappa shape index (κ3) is 1.09. The van der Waals surface area contributed by atoms with Crippen LogP contribution in [0.15, 0.2) is 0 Å². The van der Waals surface area contributed by atoms with Crippen molar-refractivity contribution in [1.82, 2.24) is 4.90 Å². The molecule has 4 rings (SSSR count). The summed E-state index contributed by atoms with van der Waals surface area (Å²) in [6, 6.07) is 0.340. The van der Waals surface area contributed by atoms with Gasteiger partial charge in [0.15, 0.2) is 0 Å². The first kappa shape index (κ1) is 9.13. The summed E-state index contributed by atoms with van der Waals surface area (Å²) in [7, 11) is 0. The lowest BCUT2D eigenvalue weighted by Gasteiger charge is -2.58. The summed E-state index contributed by atoms with van der Waals surface area (Å²) in [6.07, 6.45) is 2.78. The number of carbonyl (C=O) groups is 1. The summed E-state index contributed by atoms with van der Waals surface area (Å²) in [5.74, 6) is 0.504. The number of alkyl halides is 1. The molecule has 0 aliphatic carbocycles. The Labute approximate surface area is 88.0 Å². The summed E-state index contributed by atoms with van der Waals surface area (Å²) in [6.45, 7) is 0.506. The average Bonchev–Trinajstić information content (AvgIpc) is 2.04. The number of halogens is 1. The van der Waals surface area contributed by atoms with E-state index >= 15 is 0 Å². The van der Waals surface area contributed by atoms with Gasteiger partial charge in [-0.3, -0.25) is 9.69 Å². The fourth-order valence-corrected chi connectivity index (χ4v) is 3.92. The van der Waals surface area contributed by atoms with Crippen molar-refractivity contribution in [3.8, 4) is 0 Å². The first-order valence-electron chi connectivity index (χ1n) is 5.25. The highest BCUT2D eigenvalue weighted by molar-refractivity contribution is 6.24. The maximum Gasteiger partial charge on any atom is 0.150 e. The molecule has 14 heavy (non-hydrogen) atoms. The second-order valence-electron chi connectivity index (χ2n) is 4.90. The number of hydrogen-bond donors (Lipinski definition) is 1. The molecule has 4 saturated heterocycles. The number of aliphatic hydroxyl groups is 1. The van der Waals surface area contributed by atoms with Gasteiger partial charge < -0.3 is 5.11 Å². The summed E-state index contributed by atoms with van der Waals surface area (Å²) < 4.78 is 0. The molecule has 0 spiro atoms. The van der Waals surface area contributed by atoms with Crippen molar-refractivity contribution in [3.63, 3.8) is 0 Å². The molecule has 0 aromatic rings. The Bertz CT molecular complexity index is 296. The summed E-state index contributed by atoms with van der Waals surface area (Å²) >= 11 is 6.48. The zero-order valence-electron chi connectivity index (χ0n) is 7.95. The molecule has 0 aromatic carbocycles. The summed E-state index contributed by atoms with van der Waals surface area (Å²) in [5.41, 5.74) is 0. The Hall–Kier alpha value is -0.120. The van der Waals surface area contributed by atoms with Crippen molar-refractivity contribution in [2.45, 2.75) is 42.8 Å². The van der Waals surface area contributed by atoms with Gasteiger partial charge in [-0.05, 0) is 19.3 Å². The van der Waals surface area contributed by atoms with E-state index in [2.05, 4.69) is 4.90 Å².